The molecule has 0 aromatic rings. The van der Waals surface area contributed by atoms with Crippen LogP contribution in [0.4, 0.5) is 0 Å². The third-order valence-corrected chi connectivity index (χ3v) is 4.55. The Kier molecular flexibility index (Phi) is 4.51. The van der Waals surface area contributed by atoms with Gasteiger partial charge in [-0.25, -0.2) is 0 Å². The van der Waals surface area contributed by atoms with Crippen molar-refractivity contribution in [3.05, 3.63) is 0 Å². The second-order valence-electron chi connectivity index (χ2n) is 4.69. The molecule has 0 amide bonds. The van der Waals surface area contributed by atoms with Gasteiger partial charge in [-0.05, 0) is 31.6 Å². The molecule has 2 aliphatic rings. The van der Waals surface area contributed by atoms with Crippen molar-refractivity contribution in [3.63, 3.8) is 0 Å². The number of thioether (sulfide) groups is 1. The number of carbonyl (C=O) groups is 1. The van der Waals surface area contributed by atoms with Crippen molar-refractivity contribution in [1.82, 2.24) is 4.90 Å². The lowest BCUT2D eigenvalue weighted by Gasteiger charge is -2.20. The molecule has 1 saturated carbocycles. The molecule has 0 spiro atoms. The van der Waals surface area contributed by atoms with Crippen molar-refractivity contribution in [3.8, 4) is 0 Å². The van der Waals surface area contributed by atoms with Crippen LogP contribution < -0.4 is 0 Å². The minimum absolute atomic E-state index is 0.404. The molecule has 0 aromatic carbocycles. The quantitative estimate of drug-likeness (QED) is 0.737. The third-order valence-electron chi connectivity index (χ3n) is 3.50. The molecule has 2 rings (SSSR count). The Bertz CT molecular complexity index is 206. The normalized spacial score (nSPS) is 25.3. The summed E-state index contributed by atoms with van der Waals surface area (Å²) in [4.78, 5) is 14.3. The molecule has 0 aromatic heterocycles. The summed E-state index contributed by atoms with van der Waals surface area (Å²) in [7, 11) is 0. The average Bonchev–Trinajstić information content (AvgIpc) is 2.65. The van der Waals surface area contributed by atoms with Crippen LogP contribution in [0, 0.1) is 5.92 Å². The first kappa shape index (κ1) is 11.5. The zero-order valence-electron chi connectivity index (χ0n) is 9.41. The molecule has 1 aliphatic carbocycles. The standard InChI is InChI=1S/C12H21NOS/c14-12(11-4-1-2-5-11)10-13-6-3-8-15-9-7-13/h11H,1-10H2. The molecule has 0 unspecified atom stereocenters. The van der Waals surface area contributed by atoms with Crippen molar-refractivity contribution in [2.75, 3.05) is 31.1 Å². The lowest BCUT2D eigenvalue weighted by molar-refractivity contribution is -0.123. The van der Waals surface area contributed by atoms with Crippen molar-refractivity contribution >= 4 is 17.5 Å². The van der Waals surface area contributed by atoms with E-state index in [4.69, 9.17) is 0 Å². The van der Waals surface area contributed by atoms with Crippen molar-refractivity contribution in [1.29, 1.82) is 0 Å². The Labute approximate surface area is 96.8 Å². The van der Waals surface area contributed by atoms with Gasteiger partial charge in [-0.2, -0.15) is 11.8 Å². The maximum absolute atomic E-state index is 12.0. The molecule has 2 fully saturated rings. The summed E-state index contributed by atoms with van der Waals surface area (Å²) in [6.07, 6.45) is 6.10. The summed E-state index contributed by atoms with van der Waals surface area (Å²) in [6, 6.07) is 0. The molecule has 0 atom stereocenters. The first-order valence-electron chi connectivity index (χ1n) is 6.19. The minimum atomic E-state index is 0.404. The second kappa shape index (κ2) is 5.90. The number of ketones is 1. The van der Waals surface area contributed by atoms with Crippen LogP contribution in [0.3, 0.4) is 0 Å². The molecule has 86 valence electrons. The van der Waals surface area contributed by atoms with E-state index < -0.39 is 0 Å². The van der Waals surface area contributed by atoms with Crippen LogP contribution >= 0.6 is 11.8 Å². The molecule has 1 aliphatic heterocycles. The van der Waals surface area contributed by atoms with E-state index in [0.717, 1.165) is 32.5 Å². The smallest absolute Gasteiger partial charge is 0.149 e. The zero-order valence-corrected chi connectivity index (χ0v) is 10.2. The summed E-state index contributed by atoms with van der Waals surface area (Å²) in [6.45, 7) is 2.97. The third kappa shape index (κ3) is 3.49. The highest BCUT2D eigenvalue weighted by Gasteiger charge is 2.24. The van der Waals surface area contributed by atoms with Crippen LogP contribution in [0.5, 0.6) is 0 Å². The van der Waals surface area contributed by atoms with Crippen molar-refractivity contribution in [2.45, 2.75) is 32.1 Å². The number of hydrogen-bond acceptors (Lipinski definition) is 3. The van der Waals surface area contributed by atoms with E-state index in [1.54, 1.807) is 0 Å². The lowest BCUT2D eigenvalue weighted by atomic mass is 10.0. The Morgan fingerprint density at radius 2 is 1.93 bits per heavy atom. The fourth-order valence-electron chi connectivity index (χ4n) is 2.55. The van der Waals surface area contributed by atoms with Gasteiger partial charge in [0.15, 0.2) is 0 Å². The van der Waals surface area contributed by atoms with E-state index in [2.05, 4.69) is 4.90 Å². The molecule has 0 radical (unpaired) electrons. The predicted molar refractivity (Wildman–Crippen MR) is 65.3 cm³/mol. The van der Waals surface area contributed by atoms with Gasteiger partial charge in [-0.15, -0.1) is 0 Å². The van der Waals surface area contributed by atoms with Gasteiger partial charge >= 0.3 is 0 Å². The largest absolute Gasteiger partial charge is 0.298 e. The number of hydrogen-bond donors (Lipinski definition) is 0. The van der Waals surface area contributed by atoms with Gasteiger partial charge in [0.2, 0.25) is 0 Å². The van der Waals surface area contributed by atoms with Crippen LogP contribution in [0.25, 0.3) is 0 Å². The minimum Gasteiger partial charge on any atom is -0.298 e. The van der Waals surface area contributed by atoms with E-state index in [1.165, 1.54) is 30.8 Å². The molecule has 0 bridgehead atoms. The van der Waals surface area contributed by atoms with Crippen LogP contribution in [0.1, 0.15) is 32.1 Å². The molecular formula is C12H21NOS. The maximum Gasteiger partial charge on any atom is 0.149 e. The molecule has 2 nitrogen and oxygen atoms in total. The van der Waals surface area contributed by atoms with Crippen LogP contribution in [0.2, 0.25) is 0 Å². The van der Waals surface area contributed by atoms with E-state index in [9.17, 15) is 4.79 Å². The summed E-state index contributed by atoms with van der Waals surface area (Å²) >= 11 is 2.03. The predicted octanol–water partition coefficient (Wildman–Crippen LogP) is 2.18. The highest BCUT2D eigenvalue weighted by atomic mass is 32.2. The molecule has 1 heterocycles. The van der Waals surface area contributed by atoms with Crippen LogP contribution in [-0.4, -0.2) is 41.8 Å². The first-order chi connectivity index (χ1) is 7.36. The van der Waals surface area contributed by atoms with E-state index in [1.807, 2.05) is 11.8 Å². The second-order valence-corrected chi connectivity index (χ2v) is 5.91. The highest BCUT2D eigenvalue weighted by Crippen LogP contribution is 2.25. The zero-order chi connectivity index (χ0) is 10.5. The fraction of sp³-hybridized carbons (Fsp3) is 0.917. The number of carbonyl (C=O) groups excluding carboxylic acids is 1. The van der Waals surface area contributed by atoms with E-state index in [0.29, 0.717) is 11.7 Å². The number of Topliss-reactive ketones (excluding diaryl/α,β-unsaturated/α-hetero) is 1. The first-order valence-corrected chi connectivity index (χ1v) is 7.34. The van der Waals surface area contributed by atoms with Gasteiger partial charge in [0.05, 0.1) is 6.54 Å². The van der Waals surface area contributed by atoms with Gasteiger partial charge in [0, 0.05) is 18.2 Å². The highest BCUT2D eigenvalue weighted by molar-refractivity contribution is 7.99. The fourth-order valence-corrected chi connectivity index (χ4v) is 3.48. The molecule has 1 saturated heterocycles. The Morgan fingerprint density at radius 3 is 2.73 bits per heavy atom. The summed E-state index contributed by atoms with van der Waals surface area (Å²) in [5, 5.41) is 0. The summed E-state index contributed by atoms with van der Waals surface area (Å²) in [5.41, 5.74) is 0. The van der Waals surface area contributed by atoms with Gasteiger partial charge in [0.1, 0.15) is 5.78 Å². The van der Waals surface area contributed by atoms with Crippen LogP contribution in [0.15, 0.2) is 0 Å². The van der Waals surface area contributed by atoms with Gasteiger partial charge in [0.25, 0.3) is 0 Å². The number of nitrogens with zero attached hydrogens (tertiary/aromatic N) is 1. The number of rotatable bonds is 3. The average molecular weight is 227 g/mol. The van der Waals surface area contributed by atoms with Crippen LogP contribution in [-0.2, 0) is 4.79 Å². The van der Waals surface area contributed by atoms with Gasteiger partial charge in [-0.3, -0.25) is 9.69 Å². The lowest BCUT2D eigenvalue weighted by Crippen LogP contribution is -2.34. The molecular weight excluding hydrogens is 206 g/mol. The van der Waals surface area contributed by atoms with Crippen molar-refractivity contribution < 1.29 is 4.79 Å². The topological polar surface area (TPSA) is 20.3 Å². The Morgan fingerprint density at radius 1 is 1.13 bits per heavy atom. The maximum atomic E-state index is 12.0. The molecule has 15 heavy (non-hydrogen) atoms. The van der Waals surface area contributed by atoms with Gasteiger partial charge < -0.3 is 0 Å². The monoisotopic (exact) mass is 227 g/mol. The summed E-state index contributed by atoms with van der Waals surface area (Å²) < 4.78 is 0. The molecule has 3 heteroatoms. The van der Waals surface area contributed by atoms with E-state index >= 15 is 0 Å². The summed E-state index contributed by atoms with van der Waals surface area (Å²) in [5.74, 6) is 3.40. The van der Waals surface area contributed by atoms with Crippen molar-refractivity contribution in [2.24, 2.45) is 5.92 Å². The molecule has 0 N–H and O–H groups in total. The van der Waals surface area contributed by atoms with Gasteiger partial charge in [-0.1, -0.05) is 12.8 Å². The SMILES string of the molecule is O=C(CN1CCCSCC1)C1CCCC1. The van der Waals surface area contributed by atoms with E-state index in [-0.39, 0.29) is 0 Å². The Balaban J connectivity index is 1.76. The Hall–Kier alpha value is -0.0200.